The standard InChI is InChI=1S/C17H24N6/c1-6-14-8-16(23-17(19-14)11(3)12(4)21-23)20-15(7-2)13-9-18-22(5)10-13/h8-10,15,20H,6-7H2,1-5H3/t15-/m1/s1. The molecule has 3 rings (SSSR count). The van der Waals surface area contributed by atoms with Crippen LogP contribution in [0, 0.1) is 13.8 Å². The minimum absolute atomic E-state index is 0.198. The topological polar surface area (TPSA) is 60.0 Å². The molecule has 0 aliphatic carbocycles. The third-order valence-electron chi connectivity index (χ3n) is 4.33. The molecular weight excluding hydrogens is 288 g/mol. The van der Waals surface area contributed by atoms with Gasteiger partial charge in [0.2, 0.25) is 0 Å². The van der Waals surface area contributed by atoms with Gasteiger partial charge >= 0.3 is 0 Å². The Morgan fingerprint density at radius 1 is 1.26 bits per heavy atom. The van der Waals surface area contributed by atoms with Crippen molar-refractivity contribution in [2.75, 3.05) is 5.32 Å². The highest BCUT2D eigenvalue weighted by molar-refractivity contribution is 5.56. The molecule has 3 aromatic rings. The molecule has 1 N–H and O–H groups in total. The van der Waals surface area contributed by atoms with E-state index in [1.807, 2.05) is 29.4 Å². The van der Waals surface area contributed by atoms with Crippen LogP contribution in [0.25, 0.3) is 5.65 Å². The van der Waals surface area contributed by atoms with Gasteiger partial charge in [-0.15, -0.1) is 0 Å². The lowest BCUT2D eigenvalue weighted by molar-refractivity contribution is 0.727. The first-order chi connectivity index (χ1) is 11.0. The average molecular weight is 312 g/mol. The van der Waals surface area contributed by atoms with E-state index in [9.17, 15) is 0 Å². The quantitative estimate of drug-likeness (QED) is 0.786. The van der Waals surface area contributed by atoms with Gasteiger partial charge in [-0.2, -0.15) is 14.7 Å². The molecule has 3 aromatic heterocycles. The van der Waals surface area contributed by atoms with Gasteiger partial charge in [0.05, 0.1) is 17.9 Å². The van der Waals surface area contributed by atoms with Crippen LogP contribution in [-0.4, -0.2) is 24.4 Å². The molecule has 0 spiro atoms. The molecule has 0 saturated heterocycles. The van der Waals surface area contributed by atoms with Crippen molar-refractivity contribution < 1.29 is 0 Å². The van der Waals surface area contributed by atoms with E-state index in [1.54, 1.807) is 0 Å². The van der Waals surface area contributed by atoms with Crippen molar-refractivity contribution in [2.24, 2.45) is 7.05 Å². The predicted octanol–water partition coefficient (Wildman–Crippen LogP) is 3.21. The summed E-state index contributed by atoms with van der Waals surface area (Å²) in [5, 5.41) is 12.6. The van der Waals surface area contributed by atoms with Crippen LogP contribution in [0.15, 0.2) is 18.5 Å². The molecule has 0 unspecified atom stereocenters. The van der Waals surface area contributed by atoms with Crippen LogP contribution in [0.4, 0.5) is 5.82 Å². The second kappa shape index (κ2) is 6.02. The molecule has 0 amide bonds. The Morgan fingerprint density at radius 2 is 2.04 bits per heavy atom. The van der Waals surface area contributed by atoms with E-state index in [1.165, 1.54) is 5.56 Å². The first kappa shape index (κ1) is 15.5. The SMILES string of the molecule is CCc1cc(N[C@H](CC)c2cnn(C)c2)n2nc(C)c(C)c2n1. The fourth-order valence-electron chi connectivity index (χ4n) is 2.78. The van der Waals surface area contributed by atoms with Gasteiger partial charge in [0, 0.05) is 36.1 Å². The van der Waals surface area contributed by atoms with E-state index in [0.29, 0.717) is 0 Å². The number of hydrogen-bond donors (Lipinski definition) is 1. The summed E-state index contributed by atoms with van der Waals surface area (Å²) in [6.45, 7) is 8.40. The van der Waals surface area contributed by atoms with Crippen molar-refractivity contribution in [1.29, 1.82) is 0 Å². The Labute approximate surface area is 136 Å². The zero-order chi connectivity index (χ0) is 16.6. The van der Waals surface area contributed by atoms with Crippen LogP contribution < -0.4 is 5.32 Å². The largest absolute Gasteiger partial charge is 0.363 e. The predicted molar refractivity (Wildman–Crippen MR) is 91.7 cm³/mol. The van der Waals surface area contributed by atoms with E-state index in [4.69, 9.17) is 4.98 Å². The van der Waals surface area contributed by atoms with Crippen molar-refractivity contribution in [2.45, 2.75) is 46.6 Å². The molecule has 6 nitrogen and oxygen atoms in total. The molecule has 0 fully saturated rings. The molecule has 0 saturated carbocycles. The van der Waals surface area contributed by atoms with Crippen LogP contribution in [0.3, 0.4) is 0 Å². The maximum absolute atomic E-state index is 4.73. The number of nitrogens with one attached hydrogen (secondary N) is 1. The number of fused-ring (bicyclic) bond motifs is 1. The highest BCUT2D eigenvalue weighted by atomic mass is 15.3. The zero-order valence-electron chi connectivity index (χ0n) is 14.5. The zero-order valence-corrected chi connectivity index (χ0v) is 14.5. The van der Waals surface area contributed by atoms with Crippen LogP contribution in [0.5, 0.6) is 0 Å². The van der Waals surface area contributed by atoms with Gasteiger partial charge in [0.25, 0.3) is 0 Å². The lowest BCUT2D eigenvalue weighted by Gasteiger charge is -2.18. The van der Waals surface area contributed by atoms with Crippen LogP contribution in [-0.2, 0) is 13.5 Å². The molecular formula is C17H24N6. The monoisotopic (exact) mass is 312 g/mol. The maximum Gasteiger partial charge on any atom is 0.160 e. The summed E-state index contributed by atoms with van der Waals surface area (Å²) >= 11 is 0. The van der Waals surface area contributed by atoms with Crippen molar-refractivity contribution in [3.63, 3.8) is 0 Å². The van der Waals surface area contributed by atoms with Crippen LogP contribution in [0.1, 0.15) is 48.8 Å². The minimum Gasteiger partial charge on any atom is -0.363 e. The third kappa shape index (κ3) is 2.81. The van der Waals surface area contributed by atoms with Crippen molar-refractivity contribution in [3.05, 3.63) is 41.0 Å². The second-order valence-corrected chi connectivity index (χ2v) is 5.98. The number of hydrogen-bond acceptors (Lipinski definition) is 4. The average Bonchev–Trinajstić information content (AvgIpc) is 3.09. The second-order valence-electron chi connectivity index (χ2n) is 5.98. The van der Waals surface area contributed by atoms with Crippen molar-refractivity contribution in [3.8, 4) is 0 Å². The Bertz CT molecular complexity index is 829. The number of aryl methyl sites for hydroxylation is 4. The van der Waals surface area contributed by atoms with Gasteiger partial charge in [0.15, 0.2) is 5.65 Å². The molecule has 6 heteroatoms. The van der Waals surface area contributed by atoms with Crippen molar-refractivity contribution >= 4 is 11.5 Å². The number of nitrogens with zero attached hydrogens (tertiary/aromatic N) is 5. The Morgan fingerprint density at radius 3 is 2.65 bits per heavy atom. The maximum atomic E-state index is 4.73. The van der Waals surface area contributed by atoms with Gasteiger partial charge in [0.1, 0.15) is 5.82 Å². The molecule has 3 heterocycles. The van der Waals surface area contributed by atoms with E-state index in [0.717, 1.165) is 41.3 Å². The summed E-state index contributed by atoms with van der Waals surface area (Å²) in [5.41, 5.74) is 5.34. The van der Waals surface area contributed by atoms with E-state index >= 15 is 0 Å². The molecule has 23 heavy (non-hydrogen) atoms. The number of aromatic nitrogens is 5. The van der Waals surface area contributed by atoms with Crippen LogP contribution >= 0.6 is 0 Å². The van der Waals surface area contributed by atoms with Gasteiger partial charge in [-0.3, -0.25) is 4.68 Å². The molecule has 0 aromatic carbocycles. The number of anilines is 1. The Kier molecular flexibility index (Phi) is 4.07. The van der Waals surface area contributed by atoms with Crippen molar-refractivity contribution in [1.82, 2.24) is 24.4 Å². The van der Waals surface area contributed by atoms with E-state index < -0.39 is 0 Å². The van der Waals surface area contributed by atoms with Gasteiger partial charge < -0.3 is 5.32 Å². The van der Waals surface area contributed by atoms with Gasteiger partial charge in [-0.25, -0.2) is 4.98 Å². The van der Waals surface area contributed by atoms with Gasteiger partial charge in [-0.05, 0) is 26.7 Å². The highest BCUT2D eigenvalue weighted by Crippen LogP contribution is 2.25. The summed E-state index contributed by atoms with van der Waals surface area (Å²) < 4.78 is 3.75. The molecule has 0 radical (unpaired) electrons. The first-order valence-electron chi connectivity index (χ1n) is 8.14. The number of rotatable bonds is 5. The molecule has 0 aliphatic rings. The summed E-state index contributed by atoms with van der Waals surface area (Å²) in [6.07, 6.45) is 5.84. The Hall–Kier alpha value is -2.37. The summed E-state index contributed by atoms with van der Waals surface area (Å²) in [7, 11) is 1.94. The lowest BCUT2D eigenvalue weighted by Crippen LogP contribution is -2.13. The van der Waals surface area contributed by atoms with Crippen LogP contribution in [0.2, 0.25) is 0 Å². The minimum atomic E-state index is 0.198. The fourth-order valence-corrected chi connectivity index (χ4v) is 2.78. The van der Waals surface area contributed by atoms with Gasteiger partial charge in [-0.1, -0.05) is 13.8 Å². The molecule has 1 atom stereocenters. The summed E-state index contributed by atoms with van der Waals surface area (Å²) in [4.78, 5) is 4.73. The summed E-state index contributed by atoms with van der Waals surface area (Å²) in [5.74, 6) is 0.985. The first-order valence-corrected chi connectivity index (χ1v) is 8.14. The molecule has 0 aliphatic heterocycles. The molecule has 122 valence electrons. The molecule has 0 bridgehead atoms. The normalized spacial score (nSPS) is 12.7. The fraction of sp³-hybridized carbons (Fsp3) is 0.471. The van der Waals surface area contributed by atoms with E-state index in [2.05, 4.69) is 48.5 Å². The Balaban J connectivity index is 2.05. The smallest absolute Gasteiger partial charge is 0.160 e. The highest BCUT2D eigenvalue weighted by Gasteiger charge is 2.16. The summed E-state index contributed by atoms with van der Waals surface area (Å²) in [6, 6.07) is 2.29. The lowest BCUT2D eigenvalue weighted by atomic mass is 10.1. The third-order valence-corrected chi connectivity index (χ3v) is 4.33. The van der Waals surface area contributed by atoms with E-state index in [-0.39, 0.29) is 6.04 Å².